The van der Waals surface area contributed by atoms with Crippen molar-refractivity contribution in [2.24, 2.45) is 0 Å². The van der Waals surface area contributed by atoms with Gasteiger partial charge in [-0.3, -0.25) is 14.7 Å². The molecule has 8 nitrogen and oxygen atoms in total. The van der Waals surface area contributed by atoms with Gasteiger partial charge in [0.25, 0.3) is 11.5 Å². The van der Waals surface area contributed by atoms with E-state index < -0.39 is 0 Å². The molecule has 1 aliphatic rings. The van der Waals surface area contributed by atoms with Gasteiger partial charge in [0.15, 0.2) is 5.69 Å². The molecule has 1 amide bonds. The number of nitrogens with zero attached hydrogens (tertiary/aromatic N) is 3. The lowest BCUT2D eigenvalue weighted by Gasteiger charge is -2.32. The maximum absolute atomic E-state index is 12.9. The Labute approximate surface area is 149 Å². The quantitative estimate of drug-likeness (QED) is 0.731. The molecular weight excluding hydrogens is 334 g/mol. The van der Waals surface area contributed by atoms with Crippen LogP contribution in [0.2, 0.25) is 0 Å². The van der Waals surface area contributed by atoms with Gasteiger partial charge in [0.2, 0.25) is 0 Å². The Hall–Kier alpha value is -3.00. The topological polar surface area (TPSA) is 104 Å². The van der Waals surface area contributed by atoms with E-state index in [1.54, 1.807) is 4.90 Å². The maximum atomic E-state index is 12.9. The highest BCUT2D eigenvalue weighted by Gasteiger charge is 2.27. The van der Waals surface area contributed by atoms with Crippen LogP contribution < -0.4 is 5.56 Å². The molecule has 26 heavy (non-hydrogen) atoms. The lowest BCUT2D eigenvalue weighted by atomic mass is 10.1. The minimum absolute atomic E-state index is 0.0843. The van der Waals surface area contributed by atoms with E-state index in [2.05, 4.69) is 20.2 Å². The highest BCUT2D eigenvalue weighted by molar-refractivity contribution is 6.04. The van der Waals surface area contributed by atoms with Crippen LogP contribution in [0, 0.1) is 0 Å². The van der Waals surface area contributed by atoms with Gasteiger partial charge in [0.05, 0.1) is 24.6 Å². The van der Waals surface area contributed by atoms with E-state index in [1.165, 1.54) is 12.4 Å². The maximum Gasteiger partial charge on any atom is 0.275 e. The van der Waals surface area contributed by atoms with Crippen LogP contribution in [-0.2, 0) is 11.2 Å². The van der Waals surface area contributed by atoms with E-state index in [-0.39, 0.29) is 17.6 Å². The smallest absolute Gasteiger partial charge is 0.275 e. The molecule has 1 saturated heterocycles. The van der Waals surface area contributed by atoms with Gasteiger partial charge in [-0.05, 0) is 18.9 Å². The summed E-state index contributed by atoms with van der Waals surface area (Å²) in [6, 6.07) is 9.08. The summed E-state index contributed by atoms with van der Waals surface area (Å²) in [4.78, 5) is 32.6. The number of aromatic amines is 2. The van der Waals surface area contributed by atoms with Gasteiger partial charge in [-0.2, -0.15) is 5.10 Å². The Morgan fingerprint density at radius 2 is 2.23 bits per heavy atom. The number of aryl methyl sites for hydroxylation is 1. The first kappa shape index (κ1) is 16.5. The number of ether oxygens (including phenoxy) is 1. The molecule has 2 N–H and O–H groups in total. The van der Waals surface area contributed by atoms with Crippen LogP contribution in [0.25, 0.3) is 10.9 Å². The third kappa shape index (κ3) is 3.36. The molecule has 1 atom stereocenters. The molecule has 0 aliphatic carbocycles. The number of hydrogen-bond acceptors (Lipinski definition) is 5. The van der Waals surface area contributed by atoms with Crippen LogP contribution in [0.5, 0.6) is 0 Å². The summed E-state index contributed by atoms with van der Waals surface area (Å²) in [6.07, 6.45) is 2.64. The van der Waals surface area contributed by atoms with Crippen molar-refractivity contribution in [3.8, 4) is 0 Å². The van der Waals surface area contributed by atoms with Crippen molar-refractivity contribution < 1.29 is 9.53 Å². The average Bonchev–Trinajstić information content (AvgIpc) is 3.10. The van der Waals surface area contributed by atoms with Gasteiger partial charge in [-0.1, -0.05) is 18.2 Å². The van der Waals surface area contributed by atoms with Crippen LogP contribution in [0.4, 0.5) is 0 Å². The van der Waals surface area contributed by atoms with E-state index in [0.717, 1.165) is 16.6 Å². The SMILES string of the molecule is O=C(c1n[nH]c2ccccc12)N1CCO[C@@H](CCc2cc(=O)[nH]cn2)C1. The Kier molecular flexibility index (Phi) is 4.49. The summed E-state index contributed by atoms with van der Waals surface area (Å²) in [5, 5.41) is 7.92. The number of fused-ring (bicyclic) bond motifs is 1. The van der Waals surface area contributed by atoms with Gasteiger partial charge in [-0.25, -0.2) is 4.98 Å². The minimum atomic E-state index is -0.165. The summed E-state index contributed by atoms with van der Waals surface area (Å²) >= 11 is 0. The molecule has 3 heterocycles. The second-order valence-corrected chi connectivity index (χ2v) is 6.30. The standard InChI is InChI=1S/C18H19N5O3/c24-16-9-12(19-11-20-16)5-6-13-10-23(7-8-26-13)18(25)17-14-3-1-2-4-15(14)21-22-17/h1-4,9,11,13H,5-8,10H2,(H,21,22)(H,19,20,24)/t13-/m0/s1. The van der Waals surface area contributed by atoms with Gasteiger partial charge in [0, 0.05) is 30.2 Å². The van der Waals surface area contributed by atoms with E-state index in [0.29, 0.717) is 38.2 Å². The van der Waals surface area contributed by atoms with Crippen LogP contribution >= 0.6 is 0 Å². The summed E-state index contributed by atoms with van der Waals surface area (Å²) < 4.78 is 5.78. The fourth-order valence-electron chi connectivity index (χ4n) is 3.21. The van der Waals surface area contributed by atoms with Gasteiger partial charge in [0.1, 0.15) is 0 Å². The van der Waals surface area contributed by atoms with Crippen LogP contribution in [0.3, 0.4) is 0 Å². The first-order chi connectivity index (χ1) is 12.7. The zero-order valence-electron chi connectivity index (χ0n) is 14.1. The lowest BCUT2D eigenvalue weighted by molar-refractivity contribution is -0.0248. The van der Waals surface area contributed by atoms with Crippen LogP contribution in [-0.4, -0.2) is 56.8 Å². The Balaban J connectivity index is 1.43. The summed E-state index contributed by atoms with van der Waals surface area (Å²) in [5.41, 5.74) is 1.85. The molecule has 1 aliphatic heterocycles. The molecule has 0 radical (unpaired) electrons. The minimum Gasteiger partial charge on any atom is -0.375 e. The summed E-state index contributed by atoms with van der Waals surface area (Å²) in [7, 11) is 0. The van der Waals surface area contributed by atoms with Crippen LogP contribution in [0.1, 0.15) is 22.6 Å². The fourth-order valence-corrected chi connectivity index (χ4v) is 3.21. The molecule has 1 aromatic carbocycles. The molecule has 8 heteroatoms. The van der Waals surface area contributed by atoms with Gasteiger partial charge < -0.3 is 14.6 Å². The third-order valence-electron chi connectivity index (χ3n) is 4.56. The molecule has 3 aromatic rings. The molecule has 0 saturated carbocycles. The molecule has 0 spiro atoms. The van der Waals surface area contributed by atoms with Crippen molar-refractivity contribution >= 4 is 16.8 Å². The highest BCUT2D eigenvalue weighted by atomic mass is 16.5. The monoisotopic (exact) mass is 353 g/mol. The third-order valence-corrected chi connectivity index (χ3v) is 4.56. The van der Waals surface area contributed by atoms with Crippen molar-refractivity contribution in [3.05, 3.63) is 58.4 Å². The largest absolute Gasteiger partial charge is 0.375 e. The molecular formula is C18H19N5O3. The molecule has 0 unspecified atom stereocenters. The Morgan fingerprint density at radius 3 is 3.12 bits per heavy atom. The molecule has 4 rings (SSSR count). The number of morpholine rings is 1. The number of para-hydroxylation sites is 1. The second-order valence-electron chi connectivity index (χ2n) is 6.30. The highest BCUT2D eigenvalue weighted by Crippen LogP contribution is 2.19. The predicted octanol–water partition coefficient (Wildman–Crippen LogP) is 1.12. The number of hydrogen-bond donors (Lipinski definition) is 2. The Morgan fingerprint density at radius 1 is 1.35 bits per heavy atom. The Bertz CT molecular complexity index is 980. The first-order valence-corrected chi connectivity index (χ1v) is 8.58. The zero-order valence-corrected chi connectivity index (χ0v) is 14.1. The van der Waals surface area contributed by atoms with E-state index in [4.69, 9.17) is 4.74 Å². The molecule has 134 valence electrons. The van der Waals surface area contributed by atoms with Crippen LogP contribution in [0.15, 0.2) is 41.5 Å². The summed E-state index contributed by atoms with van der Waals surface area (Å²) in [6.45, 7) is 1.53. The number of aromatic nitrogens is 4. The first-order valence-electron chi connectivity index (χ1n) is 8.58. The number of carbonyl (C=O) groups excluding carboxylic acids is 1. The number of rotatable bonds is 4. The van der Waals surface area contributed by atoms with Crippen molar-refractivity contribution in [3.63, 3.8) is 0 Å². The number of nitrogens with one attached hydrogen (secondary N) is 2. The van der Waals surface area contributed by atoms with Gasteiger partial charge >= 0.3 is 0 Å². The molecule has 1 fully saturated rings. The van der Waals surface area contributed by atoms with Crippen molar-refractivity contribution in [2.45, 2.75) is 18.9 Å². The van der Waals surface area contributed by atoms with Crippen molar-refractivity contribution in [1.29, 1.82) is 0 Å². The van der Waals surface area contributed by atoms with E-state index >= 15 is 0 Å². The fraction of sp³-hybridized carbons (Fsp3) is 0.333. The lowest BCUT2D eigenvalue weighted by Crippen LogP contribution is -2.46. The number of carbonyl (C=O) groups is 1. The average molecular weight is 353 g/mol. The number of amides is 1. The van der Waals surface area contributed by atoms with E-state index in [1.807, 2.05) is 24.3 Å². The molecule has 0 bridgehead atoms. The van der Waals surface area contributed by atoms with E-state index in [9.17, 15) is 9.59 Å². The number of benzene rings is 1. The predicted molar refractivity (Wildman–Crippen MR) is 94.9 cm³/mol. The second kappa shape index (κ2) is 7.09. The van der Waals surface area contributed by atoms with Crippen molar-refractivity contribution in [1.82, 2.24) is 25.1 Å². The van der Waals surface area contributed by atoms with Crippen molar-refractivity contribution in [2.75, 3.05) is 19.7 Å². The molecule has 2 aromatic heterocycles. The zero-order chi connectivity index (χ0) is 17.9. The van der Waals surface area contributed by atoms with Gasteiger partial charge in [-0.15, -0.1) is 0 Å². The number of H-pyrrole nitrogens is 2. The summed E-state index contributed by atoms with van der Waals surface area (Å²) in [5.74, 6) is -0.0926. The normalized spacial score (nSPS) is 17.5.